The summed E-state index contributed by atoms with van der Waals surface area (Å²) in [5, 5.41) is 7.89. The number of hydrogen-bond donors (Lipinski definition) is 1. The summed E-state index contributed by atoms with van der Waals surface area (Å²) in [6.07, 6.45) is 0. The Hall–Kier alpha value is 0.349. The molecule has 0 aromatic rings. The summed E-state index contributed by atoms with van der Waals surface area (Å²) in [7, 11) is 0. The van der Waals surface area contributed by atoms with Gasteiger partial charge in [-0.05, 0) is 0 Å². The third-order valence-electron chi connectivity index (χ3n) is 0. The molecule has 4 heavy (non-hydrogen) atoms. The van der Waals surface area contributed by atoms with Crippen molar-refractivity contribution in [3.63, 3.8) is 0 Å². The van der Waals surface area contributed by atoms with Crippen LogP contribution in [0.25, 0.3) is 0 Å². The van der Waals surface area contributed by atoms with E-state index in [1.807, 2.05) is 0 Å². The van der Waals surface area contributed by atoms with Gasteiger partial charge in [0.25, 0.3) is 0 Å². The van der Waals surface area contributed by atoms with Crippen LogP contribution in [0.5, 0.6) is 0 Å². The number of hydrogen-bond acceptors (Lipinski definition) is 1. The van der Waals surface area contributed by atoms with Gasteiger partial charge in [-0.3, -0.25) is 0 Å². The van der Waals surface area contributed by atoms with E-state index in [0.29, 0.717) is 0 Å². The number of rotatable bonds is 0. The molecule has 0 heterocycles. The third kappa shape index (κ3) is 35.0. The first-order chi connectivity index (χ1) is 1.73. The van der Waals surface area contributed by atoms with Crippen LogP contribution in [-0.2, 0) is 15.6 Å². The van der Waals surface area contributed by atoms with Crippen molar-refractivity contribution in [2.45, 2.75) is 6.92 Å². The van der Waals surface area contributed by atoms with E-state index in [2.05, 4.69) is 15.6 Å². The van der Waals surface area contributed by atoms with Gasteiger partial charge in [-0.15, -0.1) is 0 Å². The van der Waals surface area contributed by atoms with Gasteiger partial charge in [0.15, 0.2) is 0 Å². The van der Waals surface area contributed by atoms with E-state index in [1.165, 1.54) is 0 Å². The van der Waals surface area contributed by atoms with E-state index in [4.69, 9.17) is 5.11 Å². The van der Waals surface area contributed by atoms with Crippen LogP contribution in [0.2, 0.25) is 0 Å². The quantitative estimate of drug-likeness (QED) is 0.425. The fraction of sp³-hybridized carbons (Fsp3) is 0.500. The standard InChI is InChI=1S/C2H4O.Mn/c1-2-3;/h3H,1H3;. The summed E-state index contributed by atoms with van der Waals surface area (Å²) >= 11 is 2.74. The van der Waals surface area contributed by atoms with Gasteiger partial charge < -0.3 is 0 Å². The predicted molar refractivity (Wildman–Crippen MR) is 12.6 cm³/mol. The van der Waals surface area contributed by atoms with Gasteiger partial charge in [-0.2, -0.15) is 0 Å². The molecule has 0 aromatic heterocycles. The summed E-state index contributed by atoms with van der Waals surface area (Å²) in [4.78, 5) is 0. The monoisotopic (exact) mass is 99.0 g/mol. The first-order valence-corrected chi connectivity index (χ1v) is 1.50. The summed E-state index contributed by atoms with van der Waals surface area (Å²) in [6, 6.07) is 0. The fourth-order valence-corrected chi connectivity index (χ4v) is 0. The Balaban J connectivity index is 2.80. The summed E-state index contributed by atoms with van der Waals surface area (Å²) in [5.41, 5.74) is 0. The molecule has 0 saturated heterocycles. The molecule has 0 rings (SSSR count). The third-order valence-corrected chi connectivity index (χ3v) is 0. The van der Waals surface area contributed by atoms with Crippen molar-refractivity contribution in [3.8, 4) is 0 Å². The molecular formula is C2H4MnO. The second kappa shape index (κ2) is 1.65. The van der Waals surface area contributed by atoms with Gasteiger partial charge in [0.05, 0.1) is 0 Å². The molecular weight excluding hydrogens is 95.0 g/mol. The zero-order valence-corrected chi connectivity index (χ0v) is 3.51. The van der Waals surface area contributed by atoms with E-state index >= 15 is 0 Å². The van der Waals surface area contributed by atoms with E-state index < -0.39 is 0 Å². The molecule has 0 fully saturated rings. The van der Waals surface area contributed by atoms with Gasteiger partial charge in [-0.1, -0.05) is 0 Å². The molecule has 0 atom stereocenters. The van der Waals surface area contributed by atoms with Crippen LogP contribution in [-0.4, -0.2) is 9.71 Å². The molecule has 0 aliphatic heterocycles. The molecule has 1 N–H and O–H groups in total. The van der Waals surface area contributed by atoms with Crippen molar-refractivity contribution in [1.29, 1.82) is 0 Å². The van der Waals surface area contributed by atoms with Crippen molar-refractivity contribution >= 4 is 4.60 Å². The van der Waals surface area contributed by atoms with Crippen molar-refractivity contribution < 1.29 is 20.7 Å². The Labute approximate surface area is 33.0 Å². The average molecular weight is 99.0 g/mol. The first-order valence-electron chi connectivity index (χ1n) is 0.913. The van der Waals surface area contributed by atoms with Crippen molar-refractivity contribution in [1.82, 2.24) is 0 Å². The van der Waals surface area contributed by atoms with E-state index in [9.17, 15) is 0 Å². The van der Waals surface area contributed by atoms with Crippen LogP contribution in [0.15, 0.2) is 0 Å². The topological polar surface area (TPSA) is 20.2 Å². The van der Waals surface area contributed by atoms with Crippen LogP contribution >= 0.6 is 0 Å². The van der Waals surface area contributed by atoms with Crippen LogP contribution < -0.4 is 0 Å². The maximum atomic E-state index is 7.89. The van der Waals surface area contributed by atoms with E-state index in [1.54, 1.807) is 6.92 Å². The zero-order chi connectivity index (χ0) is 3.58. The molecule has 0 amide bonds. The van der Waals surface area contributed by atoms with Crippen LogP contribution in [0.1, 0.15) is 6.92 Å². The van der Waals surface area contributed by atoms with Crippen LogP contribution in [0.4, 0.5) is 0 Å². The number of aliphatic hydroxyl groups excluding tert-OH is 1. The van der Waals surface area contributed by atoms with Gasteiger partial charge >= 0.3 is 32.2 Å². The normalized spacial score (nSPS) is 6.50. The van der Waals surface area contributed by atoms with Crippen LogP contribution in [0, 0.1) is 0 Å². The molecule has 1 nitrogen and oxygen atoms in total. The second-order valence-corrected chi connectivity index (χ2v) is 1.35. The molecule has 0 aromatic carbocycles. The van der Waals surface area contributed by atoms with Gasteiger partial charge in [0.1, 0.15) is 0 Å². The van der Waals surface area contributed by atoms with Crippen LogP contribution in [0.3, 0.4) is 0 Å². The molecule has 0 radical (unpaired) electrons. The van der Waals surface area contributed by atoms with Gasteiger partial charge in [0, 0.05) is 0 Å². The maximum absolute atomic E-state index is 7.89. The Morgan fingerprint density at radius 1 is 2.00 bits per heavy atom. The summed E-state index contributed by atoms with van der Waals surface area (Å²) < 4.78 is 0.229. The molecule has 0 bridgehead atoms. The SMILES string of the molecule is C[C](O)=[Mn]. The van der Waals surface area contributed by atoms with E-state index in [0.717, 1.165) is 0 Å². The summed E-state index contributed by atoms with van der Waals surface area (Å²) in [5.74, 6) is 0. The minimum absolute atomic E-state index is 0.229. The number of aliphatic hydroxyl groups is 1. The Kier molecular flexibility index (Phi) is 1.79. The minimum atomic E-state index is 0.229. The molecule has 25 valence electrons. The van der Waals surface area contributed by atoms with Gasteiger partial charge in [0.2, 0.25) is 0 Å². The molecule has 0 spiro atoms. The molecule has 0 saturated carbocycles. The van der Waals surface area contributed by atoms with Gasteiger partial charge in [-0.25, -0.2) is 0 Å². The van der Waals surface area contributed by atoms with Crippen molar-refractivity contribution in [2.75, 3.05) is 0 Å². The first kappa shape index (κ1) is 4.35. The fourth-order valence-electron chi connectivity index (χ4n) is 0. The predicted octanol–water partition coefficient (Wildman–Crippen LogP) is 0.0555. The second-order valence-electron chi connectivity index (χ2n) is 0.497. The zero-order valence-electron chi connectivity index (χ0n) is 2.33. The average Bonchev–Trinajstić information content (AvgIpc) is 0.811. The van der Waals surface area contributed by atoms with Crippen molar-refractivity contribution in [3.05, 3.63) is 0 Å². The molecule has 0 aliphatic rings. The molecule has 0 aliphatic carbocycles. The van der Waals surface area contributed by atoms with Crippen molar-refractivity contribution in [2.24, 2.45) is 0 Å². The molecule has 2 heteroatoms. The molecule has 0 unspecified atom stereocenters. The van der Waals surface area contributed by atoms with E-state index in [-0.39, 0.29) is 4.60 Å². The Bertz CT molecular complexity index is 29.0. The Morgan fingerprint density at radius 3 is 2.00 bits per heavy atom. The summed E-state index contributed by atoms with van der Waals surface area (Å²) in [6.45, 7) is 1.56. The Morgan fingerprint density at radius 2 is 2.00 bits per heavy atom.